The molecule has 1 heterocycles. The first-order valence-corrected chi connectivity index (χ1v) is 6.77. The normalized spacial score (nSPS) is 17.6. The maximum atomic E-state index is 12.0. The van der Waals surface area contributed by atoms with Gasteiger partial charge < -0.3 is 10.6 Å². The molecule has 1 aliphatic heterocycles. The van der Waals surface area contributed by atoms with Crippen LogP contribution >= 0.6 is 12.4 Å². The summed E-state index contributed by atoms with van der Waals surface area (Å²) in [7, 11) is 0. The Morgan fingerprint density at radius 2 is 1.90 bits per heavy atom. The molecule has 1 atom stereocenters. The molecule has 4 nitrogen and oxygen atoms in total. The Balaban J connectivity index is 0.00000200. The zero-order valence-electron chi connectivity index (χ0n) is 11.5. The van der Waals surface area contributed by atoms with Crippen LogP contribution in [-0.2, 0) is 4.79 Å². The largest absolute Gasteiger partial charge is 0.342 e. The fraction of sp³-hybridized carbons (Fsp3) is 0.467. The van der Waals surface area contributed by atoms with E-state index in [2.05, 4.69) is 0 Å². The molecule has 0 radical (unpaired) electrons. The van der Waals surface area contributed by atoms with Gasteiger partial charge in [0.1, 0.15) is 0 Å². The molecular weight excluding hydrogens is 276 g/mol. The number of likely N-dealkylation sites (tertiary alicyclic amines) is 1. The molecule has 2 N–H and O–H groups in total. The van der Waals surface area contributed by atoms with Crippen LogP contribution in [0.15, 0.2) is 30.3 Å². The lowest BCUT2D eigenvalue weighted by Gasteiger charge is -2.15. The summed E-state index contributed by atoms with van der Waals surface area (Å²) in [6.45, 7) is 2.15. The topological polar surface area (TPSA) is 63.4 Å². The first kappa shape index (κ1) is 16.7. The number of carbonyl (C=O) groups is 2. The molecule has 1 unspecified atom stereocenters. The van der Waals surface area contributed by atoms with E-state index in [0.717, 1.165) is 19.5 Å². The second kappa shape index (κ2) is 8.02. The van der Waals surface area contributed by atoms with Gasteiger partial charge in [-0.15, -0.1) is 12.4 Å². The molecule has 1 saturated heterocycles. The molecule has 0 saturated carbocycles. The molecule has 0 aromatic heterocycles. The zero-order valence-corrected chi connectivity index (χ0v) is 12.3. The van der Waals surface area contributed by atoms with Gasteiger partial charge in [0.15, 0.2) is 5.78 Å². The van der Waals surface area contributed by atoms with E-state index in [1.165, 1.54) is 0 Å². The highest BCUT2D eigenvalue weighted by Crippen LogP contribution is 2.16. The van der Waals surface area contributed by atoms with Crippen LogP contribution in [-0.4, -0.2) is 36.2 Å². The zero-order chi connectivity index (χ0) is 13.7. The maximum Gasteiger partial charge on any atom is 0.223 e. The van der Waals surface area contributed by atoms with Gasteiger partial charge in [0, 0.05) is 31.5 Å². The number of hydrogen-bond donors (Lipinski definition) is 1. The summed E-state index contributed by atoms with van der Waals surface area (Å²) < 4.78 is 0. The quantitative estimate of drug-likeness (QED) is 0.844. The number of ketones is 1. The molecule has 1 aliphatic rings. The lowest BCUT2D eigenvalue weighted by Crippen LogP contribution is -2.30. The number of amides is 1. The monoisotopic (exact) mass is 296 g/mol. The Morgan fingerprint density at radius 3 is 2.50 bits per heavy atom. The Hall–Kier alpha value is -1.39. The average molecular weight is 297 g/mol. The molecule has 1 aromatic rings. The molecule has 1 amide bonds. The number of Topliss-reactive ketones (excluding diaryl/α,β-unsaturated/α-hetero) is 1. The van der Waals surface area contributed by atoms with Crippen LogP contribution in [0.5, 0.6) is 0 Å². The van der Waals surface area contributed by atoms with Crippen molar-refractivity contribution in [1.82, 2.24) is 4.90 Å². The third-order valence-corrected chi connectivity index (χ3v) is 3.63. The van der Waals surface area contributed by atoms with Gasteiger partial charge in [-0.05, 0) is 18.9 Å². The third kappa shape index (κ3) is 4.32. The van der Waals surface area contributed by atoms with E-state index in [1.807, 2.05) is 23.1 Å². The van der Waals surface area contributed by atoms with Crippen molar-refractivity contribution >= 4 is 24.1 Å². The Morgan fingerprint density at radius 1 is 1.20 bits per heavy atom. The summed E-state index contributed by atoms with van der Waals surface area (Å²) in [6, 6.07) is 9.11. The molecular formula is C15H21ClN2O2. The van der Waals surface area contributed by atoms with Crippen LogP contribution in [0, 0.1) is 5.92 Å². The summed E-state index contributed by atoms with van der Waals surface area (Å²) in [5, 5.41) is 0. The molecule has 1 aromatic carbocycles. The smallest absolute Gasteiger partial charge is 0.223 e. The van der Waals surface area contributed by atoms with Crippen molar-refractivity contribution in [3.05, 3.63) is 35.9 Å². The molecule has 0 aliphatic carbocycles. The fourth-order valence-electron chi connectivity index (χ4n) is 2.40. The highest BCUT2D eigenvalue weighted by molar-refractivity contribution is 5.97. The number of rotatable bonds is 5. The molecule has 110 valence electrons. The molecule has 5 heteroatoms. The number of halogens is 1. The number of nitrogens with zero attached hydrogens (tertiary/aromatic N) is 1. The van der Waals surface area contributed by atoms with Gasteiger partial charge >= 0.3 is 0 Å². The summed E-state index contributed by atoms with van der Waals surface area (Å²) in [6.07, 6.45) is 1.56. The minimum Gasteiger partial charge on any atom is -0.342 e. The number of hydrogen-bond acceptors (Lipinski definition) is 3. The first-order chi connectivity index (χ1) is 9.20. The van der Waals surface area contributed by atoms with Gasteiger partial charge in [0.05, 0.1) is 0 Å². The van der Waals surface area contributed by atoms with E-state index in [0.29, 0.717) is 24.4 Å². The van der Waals surface area contributed by atoms with Crippen LogP contribution in [0.25, 0.3) is 0 Å². The van der Waals surface area contributed by atoms with E-state index in [1.54, 1.807) is 12.1 Å². The van der Waals surface area contributed by atoms with Crippen molar-refractivity contribution in [3.8, 4) is 0 Å². The highest BCUT2D eigenvalue weighted by Gasteiger charge is 2.25. The Kier molecular flexibility index (Phi) is 6.68. The van der Waals surface area contributed by atoms with Crippen molar-refractivity contribution in [3.63, 3.8) is 0 Å². The predicted molar refractivity (Wildman–Crippen MR) is 81.0 cm³/mol. The molecule has 0 bridgehead atoms. The number of nitrogens with two attached hydrogens (primary N) is 1. The fourth-order valence-corrected chi connectivity index (χ4v) is 2.40. The SMILES string of the molecule is Cl.NCC1CCN(C(=O)CCC(=O)c2ccccc2)C1. The van der Waals surface area contributed by atoms with Crippen molar-refractivity contribution in [1.29, 1.82) is 0 Å². The number of carbonyl (C=O) groups excluding carboxylic acids is 2. The van der Waals surface area contributed by atoms with E-state index in [4.69, 9.17) is 5.73 Å². The average Bonchev–Trinajstić information content (AvgIpc) is 2.94. The lowest BCUT2D eigenvalue weighted by molar-refractivity contribution is -0.130. The third-order valence-electron chi connectivity index (χ3n) is 3.63. The first-order valence-electron chi connectivity index (χ1n) is 6.77. The minimum atomic E-state index is 0. The standard InChI is InChI=1S/C15H20N2O2.ClH/c16-10-12-8-9-17(11-12)15(19)7-6-14(18)13-4-2-1-3-5-13;/h1-5,12H,6-11,16H2;1H. The molecule has 1 fully saturated rings. The van der Waals surface area contributed by atoms with E-state index >= 15 is 0 Å². The van der Waals surface area contributed by atoms with Crippen LogP contribution < -0.4 is 5.73 Å². The molecule has 2 rings (SSSR count). The van der Waals surface area contributed by atoms with Gasteiger partial charge in [-0.2, -0.15) is 0 Å². The van der Waals surface area contributed by atoms with Gasteiger partial charge in [0.2, 0.25) is 5.91 Å². The molecule has 0 spiro atoms. The summed E-state index contributed by atoms with van der Waals surface area (Å²) in [5.41, 5.74) is 6.28. The van der Waals surface area contributed by atoms with Crippen LogP contribution in [0.1, 0.15) is 29.6 Å². The summed E-state index contributed by atoms with van der Waals surface area (Å²) in [5.74, 6) is 0.525. The molecule has 20 heavy (non-hydrogen) atoms. The van der Waals surface area contributed by atoms with Crippen molar-refractivity contribution < 1.29 is 9.59 Å². The maximum absolute atomic E-state index is 12.0. The van der Waals surface area contributed by atoms with Crippen LogP contribution in [0.3, 0.4) is 0 Å². The van der Waals surface area contributed by atoms with Crippen molar-refractivity contribution in [2.45, 2.75) is 19.3 Å². The van der Waals surface area contributed by atoms with Crippen molar-refractivity contribution in [2.24, 2.45) is 11.7 Å². The number of benzene rings is 1. The Labute approximate surface area is 125 Å². The second-order valence-electron chi connectivity index (χ2n) is 5.02. The van der Waals surface area contributed by atoms with Crippen LogP contribution in [0.2, 0.25) is 0 Å². The van der Waals surface area contributed by atoms with E-state index < -0.39 is 0 Å². The van der Waals surface area contributed by atoms with Crippen LogP contribution in [0.4, 0.5) is 0 Å². The Bertz CT molecular complexity index is 450. The highest BCUT2D eigenvalue weighted by atomic mass is 35.5. The second-order valence-corrected chi connectivity index (χ2v) is 5.02. The summed E-state index contributed by atoms with van der Waals surface area (Å²) >= 11 is 0. The van der Waals surface area contributed by atoms with Gasteiger partial charge in [-0.25, -0.2) is 0 Å². The summed E-state index contributed by atoms with van der Waals surface area (Å²) in [4.78, 5) is 25.7. The van der Waals surface area contributed by atoms with Gasteiger partial charge in [-0.3, -0.25) is 9.59 Å². The predicted octanol–water partition coefficient (Wildman–Crippen LogP) is 1.88. The van der Waals surface area contributed by atoms with Gasteiger partial charge in [-0.1, -0.05) is 30.3 Å². The van der Waals surface area contributed by atoms with Crippen molar-refractivity contribution in [2.75, 3.05) is 19.6 Å². The van der Waals surface area contributed by atoms with E-state index in [-0.39, 0.29) is 30.5 Å². The minimum absolute atomic E-state index is 0. The van der Waals surface area contributed by atoms with E-state index in [9.17, 15) is 9.59 Å². The lowest BCUT2D eigenvalue weighted by atomic mass is 10.1. The van der Waals surface area contributed by atoms with Gasteiger partial charge in [0.25, 0.3) is 0 Å².